The largest absolute Gasteiger partial charge is 0.378 e. The number of aromatic nitrogens is 4. The Morgan fingerprint density at radius 3 is 2.58 bits per heavy atom. The van der Waals surface area contributed by atoms with Crippen LogP contribution in [-0.4, -0.2) is 45.9 Å². The van der Waals surface area contributed by atoms with Crippen LogP contribution in [0.15, 0.2) is 37.2 Å². The third-order valence-corrected chi connectivity index (χ3v) is 4.29. The van der Waals surface area contributed by atoms with Gasteiger partial charge in [-0.15, -0.1) is 0 Å². The van der Waals surface area contributed by atoms with Crippen LogP contribution in [0.5, 0.6) is 0 Å². The number of imidazole rings is 1. The Hall–Kier alpha value is -2.73. The van der Waals surface area contributed by atoms with Crippen molar-refractivity contribution in [2.45, 2.75) is 20.8 Å². The summed E-state index contributed by atoms with van der Waals surface area (Å²) in [5, 5.41) is 4.52. The van der Waals surface area contributed by atoms with Gasteiger partial charge in [0.25, 0.3) is 0 Å². The fourth-order valence-corrected chi connectivity index (χ4v) is 3.09. The standard InChI is InChI=1S/C18H19N5O.C2H6/c1-3-15-5-4-14(12-19-15)17-13(2)21-18-16(6-7-20-23(17)18)22-8-10-24-11-9-22;1-2/h3-7,12H,1,8-11H2,2H3;1-2H3. The number of aryl methyl sites for hydroxylation is 1. The highest BCUT2D eigenvalue weighted by Crippen LogP contribution is 2.28. The molecule has 1 fully saturated rings. The summed E-state index contributed by atoms with van der Waals surface area (Å²) >= 11 is 0. The Morgan fingerprint density at radius 2 is 1.92 bits per heavy atom. The molecule has 3 aromatic rings. The summed E-state index contributed by atoms with van der Waals surface area (Å²) in [5.74, 6) is 0. The Morgan fingerprint density at radius 1 is 1.15 bits per heavy atom. The van der Waals surface area contributed by atoms with E-state index >= 15 is 0 Å². The van der Waals surface area contributed by atoms with Gasteiger partial charge in [-0.3, -0.25) is 4.98 Å². The van der Waals surface area contributed by atoms with Gasteiger partial charge in [-0.1, -0.05) is 20.4 Å². The number of ether oxygens (including phenoxy) is 1. The van der Waals surface area contributed by atoms with Crippen molar-refractivity contribution < 1.29 is 4.74 Å². The van der Waals surface area contributed by atoms with Gasteiger partial charge in [-0.05, 0) is 31.2 Å². The van der Waals surface area contributed by atoms with E-state index in [1.807, 2.05) is 55.9 Å². The quantitative estimate of drug-likeness (QED) is 0.721. The molecule has 3 aromatic heterocycles. The van der Waals surface area contributed by atoms with Crippen molar-refractivity contribution in [3.05, 3.63) is 48.6 Å². The lowest BCUT2D eigenvalue weighted by atomic mass is 10.1. The second-order valence-electron chi connectivity index (χ2n) is 5.77. The zero-order chi connectivity index (χ0) is 18.5. The molecule has 0 unspecified atom stereocenters. The molecule has 0 saturated carbocycles. The third kappa shape index (κ3) is 3.32. The van der Waals surface area contributed by atoms with Gasteiger partial charge in [-0.2, -0.15) is 5.10 Å². The molecule has 1 saturated heterocycles. The minimum atomic E-state index is 0.744. The topological polar surface area (TPSA) is 55.5 Å². The van der Waals surface area contributed by atoms with Crippen LogP contribution in [-0.2, 0) is 4.74 Å². The summed E-state index contributed by atoms with van der Waals surface area (Å²) in [7, 11) is 0. The van der Waals surface area contributed by atoms with E-state index < -0.39 is 0 Å². The van der Waals surface area contributed by atoms with Crippen molar-refractivity contribution in [1.82, 2.24) is 19.6 Å². The van der Waals surface area contributed by atoms with Gasteiger partial charge in [0.2, 0.25) is 0 Å². The van der Waals surface area contributed by atoms with Crippen molar-refractivity contribution in [2.24, 2.45) is 0 Å². The minimum absolute atomic E-state index is 0.744. The molecule has 1 aliphatic rings. The van der Waals surface area contributed by atoms with E-state index in [0.29, 0.717) is 0 Å². The summed E-state index contributed by atoms with van der Waals surface area (Å²) in [5.41, 5.74) is 5.74. The molecule has 0 atom stereocenters. The van der Waals surface area contributed by atoms with Gasteiger partial charge in [0, 0.05) is 24.8 Å². The van der Waals surface area contributed by atoms with E-state index in [4.69, 9.17) is 9.72 Å². The summed E-state index contributed by atoms with van der Waals surface area (Å²) in [6.07, 6.45) is 5.41. The monoisotopic (exact) mass is 351 g/mol. The number of pyridine rings is 1. The van der Waals surface area contributed by atoms with E-state index in [2.05, 4.69) is 21.6 Å². The molecule has 26 heavy (non-hydrogen) atoms. The second-order valence-corrected chi connectivity index (χ2v) is 5.77. The normalized spacial score (nSPS) is 14.0. The molecule has 0 aliphatic carbocycles. The highest BCUT2D eigenvalue weighted by atomic mass is 16.5. The Balaban J connectivity index is 0.000000948. The van der Waals surface area contributed by atoms with Gasteiger partial charge in [-0.25, -0.2) is 9.50 Å². The lowest BCUT2D eigenvalue weighted by Gasteiger charge is -2.28. The lowest BCUT2D eigenvalue weighted by molar-refractivity contribution is 0.123. The molecule has 0 spiro atoms. The summed E-state index contributed by atoms with van der Waals surface area (Å²) in [6, 6.07) is 6.01. The van der Waals surface area contributed by atoms with Gasteiger partial charge in [0.15, 0.2) is 5.65 Å². The first-order chi connectivity index (χ1) is 12.8. The van der Waals surface area contributed by atoms with Crippen LogP contribution in [0.25, 0.3) is 23.0 Å². The predicted octanol–water partition coefficient (Wildman–Crippen LogP) is 3.61. The average Bonchev–Trinajstić information content (AvgIpc) is 3.06. The fraction of sp³-hybridized carbons (Fsp3) is 0.350. The molecule has 6 nitrogen and oxygen atoms in total. The molecular formula is C20H25N5O. The number of rotatable bonds is 3. The molecule has 4 heterocycles. The van der Waals surface area contributed by atoms with Gasteiger partial charge >= 0.3 is 0 Å². The number of nitrogens with zero attached hydrogens (tertiary/aromatic N) is 5. The summed E-state index contributed by atoms with van der Waals surface area (Å²) < 4.78 is 7.36. The Labute approximate surface area is 154 Å². The summed E-state index contributed by atoms with van der Waals surface area (Å²) in [6.45, 7) is 13.0. The van der Waals surface area contributed by atoms with Crippen molar-refractivity contribution in [3.8, 4) is 11.3 Å². The molecule has 4 rings (SSSR count). The van der Waals surface area contributed by atoms with Gasteiger partial charge < -0.3 is 9.64 Å². The average molecular weight is 351 g/mol. The first-order valence-electron chi connectivity index (χ1n) is 9.04. The van der Waals surface area contributed by atoms with Gasteiger partial charge in [0.05, 0.1) is 42.2 Å². The van der Waals surface area contributed by atoms with Crippen molar-refractivity contribution in [3.63, 3.8) is 0 Å². The van der Waals surface area contributed by atoms with Crippen molar-refractivity contribution >= 4 is 17.4 Å². The number of fused-ring (bicyclic) bond motifs is 1. The molecule has 1 aliphatic heterocycles. The molecule has 0 N–H and O–H groups in total. The Kier molecular flexibility index (Phi) is 5.63. The molecule has 6 heteroatoms. The predicted molar refractivity (Wildman–Crippen MR) is 105 cm³/mol. The molecular weight excluding hydrogens is 326 g/mol. The number of anilines is 1. The Bertz CT molecular complexity index is 879. The van der Waals surface area contributed by atoms with Crippen LogP contribution in [0.3, 0.4) is 0 Å². The SMILES string of the molecule is C=Cc1ccc(-c2c(C)nc3c(N4CCOCC4)ccnn23)cn1.CC. The van der Waals surface area contributed by atoms with E-state index in [9.17, 15) is 0 Å². The maximum absolute atomic E-state index is 5.45. The second kappa shape index (κ2) is 8.10. The molecule has 0 amide bonds. The smallest absolute Gasteiger partial charge is 0.178 e. The first-order valence-corrected chi connectivity index (χ1v) is 9.04. The van der Waals surface area contributed by atoms with Crippen LogP contribution in [0, 0.1) is 6.92 Å². The van der Waals surface area contributed by atoms with Crippen LogP contribution in [0.4, 0.5) is 5.69 Å². The molecule has 136 valence electrons. The van der Waals surface area contributed by atoms with Crippen LogP contribution < -0.4 is 4.90 Å². The molecule has 0 radical (unpaired) electrons. The van der Waals surface area contributed by atoms with E-state index in [0.717, 1.165) is 60.3 Å². The maximum Gasteiger partial charge on any atom is 0.178 e. The number of hydrogen-bond acceptors (Lipinski definition) is 5. The number of hydrogen-bond donors (Lipinski definition) is 0. The van der Waals surface area contributed by atoms with Crippen LogP contribution >= 0.6 is 0 Å². The molecule has 0 bridgehead atoms. The zero-order valence-electron chi connectivity index (χ0n) is 15.6. The van der Waals surface area contributed by atoms with Gasteiger partial charge in [0.1, 0.15) is 0 Å². The highest BCUT2D eigenvalue weighted by Gasteiger charge is 2.19. The van der Waals surface area contributed by atoms with E-state index in [1.165, 1.54) is 0 Å². The van der Waals surface area contributed by atoms with Crippen molar-refractivity contribution in [1.29, 1.82) is 0 Å². The van der Waals surface area contributed by atoms with Crippen LogP contribution in [0.1, 0.15) is 25.2 Å². The highest BCUT2D eigenvalue weighted by molar-refractivity contribution is 5.75. The molecule has 0 aromatic carbocycles. The maximum atomic E-state index is 5.45. The van der Waals surface area contributed by atoms with Crippen molar-refractivity contribution in [2.75, 3.05) is 31.2 Å². The first kappa shape index (κ1) is 18.1. The number of morpholine rings is 1. The van der Waals surface area contributed by atoms with E-state index in [1.54, 1.807) is 6.08 Å². The summed E-state index contributed by atoms with van der Waals surface area (Å²) in [4.78, 5) is 11.5. The van der Waals surface area contributed by atoms with Crippen LogP contribution in [0.2, 0.25) is 0 Å². The fourth-order valence-electron chi connectivity index (χ4n) is 3.09. The zero-order valence-corrected chi connectivity index (χ0v) is 15.6. The lowest BCUT2D eigenvalue weighted by Crippen LogP contribution is -2.36. The van der Waals surface area contributed by atoms with E-state index in [-0.39, 0.29) is 0 Å². The third-order valence-electron chi connectivity index (χ3n) is 4.29. The minimum Gasteiger partial charge on any atom is -0.378 e.